The standard InChI is InChI=1S/C19H18N2O4S/c1-21(10-13-5-3-2-4-6-13)18(23)11-25-19(24)14-7-8-16-15(9-14)20-17(22)12-26-16/h2-9H,10-12H2,1H3,(H,20,22). The highest BCUT2D eigenvalue weighted by Gasteiger charge is 2.19. The Kier molecular flexibility index (Phi) is 5.58. The van der Waals surface area contributed by atoms with Crippen LogP contribution in [0.5, 0.6) is 0 Å². The van der Waals surface area contributed by atoms with Crippen molar-refractivity contribution in [1.29, 1.82) is 0 Å². The van der Waals surface area contributed by atoms with Crippen molar-refractivity contribution in [3.63, 3.8) is 0 Å². The van der Waals surface area contributed by atoms with Gasteiger partial charge < -0.3 is 15.0 Å². The molecule has 0 aromatic heterocycles. The molecular weight excluding hydrogens is 352 g/mol. The van der Waals surface area contributed by atoms with Gasteiger partial charge in [-0.15, -0.1) is 11.8 Å². The second-order valence-corrected chi connectivity index (χ2v) is 6.88. The third kappa shape index (κ3) is 4.43. The number of carbonyl (C=O) groups excluding carboxylic acids is 3. The van der Waals surface area contributed by atoms with E-state index in [0.717, 1.165) is 10.5 Å². The van der Waals surface area contributed by atoms with Gasteiger partial charge >= 0.3 is 5.97 Å². The molecule has 1 heterocycles. The van der Waals surface area contributed by atoms with Crippen LogP contribution in [-0.4, -0.2) is 42.1 Å². The predicted octanol–water partition coefficient (Wildman–Crippen LogP) is 2.55. The quantitative estimate of drug-likeness (QED) is 0.819. The lowest BCUT2D eigenvalue weighted by Crippen LogP contribution is -2.30. The van der Waals surface area contributed by atoms with Gasteiger partial charge in [0.2, 0.25) is 5.91 Å². The van der Waals surface area contributed by atoms with Gasteiger partial charge in [-0.2, -0.15) is 0 Å². The lowest BCUT2D eigenvalue weighted by molar-refractivity contribution is -0.133. The lowest BCUT2D eigenvalue weighted by Gasteiger charge is -2.18. The van der Waals surface area contributed by atoms with Gasteiger partial charge in [0.05, 0.1) is 17.0 Å². The van der Waals surface area contributed by atoms with Crippen LogP contribution >= 0.6 is 11.8 Å². The molecule has 1 aliphatic rings. The monoisotopic (exact) mass is 370 g/mol. The molecule has 0 unspecified atom stereocenters. The van der Waals surface area contributed by atoms with Crippen LogP contribution in [0.25, 0.3) is 0 Å². The first-order chi connectivity index (χ1) is 12.5. The average Bonchev–Trinajstić information content (AvgIpc) is 2.65. The summed E-state index contributed by atoms with van der Waals surface area (Å²) in [4.78, 5) is 38.2. The summed E-state index contributed by atoms with van der Waals surface area (Å²) in [5.41, 5.74) is 1.89. The van der Waals surface area contributed by atoms with Crippen molar-refractivity contribution in [3.05, 3.63) is 59.7 Å². The van der Waals surface area contributed by atoms with Crippen molar-refractivity contribution in [2.45, 2.75) is 11.4 Å². The SMILES string of the molecule is CN(Cc1ccccc1)C(=O)COC(=O)c1ccc2c(c1)NC(=O)CS2. The number of esters is 1. The topological polar surface area (TPSA) is 75.7 Å². The van der Waals surface area contributed by atoms with Gasteiger partial charge in [0.15, 0.2) is 6.61 Å². The van der Waals surface area contributed by atoms with Gasteiger partial charge in [0.1, 0.15) is 0 Å². The van der Waals surface area contributed by atoms with Gasteiger partial charge in [-0.3, -0.25) is 9.59 Å². The van der Waals surface area contributed by atoms with Crippen molar-refractivity contribution < 1.29 is 19.1 Å². The summed E-state index contributed by atoms with van der Waals surface area (Å²) in [6.07, 6.45) is 0. The van der Waals surface area contributed by atoms with Gasteiger partial charge in [0, 0.05) is 18.5 Å². The molecule has 7 heteroatoms. The maximum Gasteiger partial charge on any atom is 0.338 e. The molecule has 0 radical (unpaired) electrons. The van der Waals surface area contributed by atoms with E-state index in [2.05, 4.69) is 5.32 Å². The minimum absolute atomic E-state index is 0.106. The number of likely N-dealkylation sites (N-methyl/N-ethyl adjacent to an activating group) is 1. The number of anilines is 1. The van der Waals surface area contributed by atoms with E-state index in [4.69, 9.17) is 4.74 Å². The summed E-state index contributed by atoms with van der Waals surface area (Å²) in [5, 5.41) is 2.72. The number of amides is 2. The molecule has 0 fully saturated rings. The molecule has 0 bridgehead atoms. The van der Waals surface area contributed by atoms with Crippen LogP contribution in [0.1, 0.15) is 15.9 Å². The molecule has 2 aromatic rings. The highest BCUT2D eigenvalue weighted by atomic mass is 32.2. The van der Waals surface area contributed by atoms with E-state index in [1.807, 2.05) is 30.3 Å². The average molecular weight is 370 g/mol. The van der Waals surface area contributed by atoms with Gasteiger partial charge in [-0.25, -0.2) is 4.79 Å². The van der Waals surface area contributed by atoms with Crippen LogP contribution in [0, 0.1) is 0 Å². The van der Waals surface area contributed by atoms with Crippen molar-refractivity contribution >= 4 is 35.2 Å². The minimum Gasteiger partial charge on any atom is -0.452 e. The van der Waals surface area contributed by atoms with Crippen LogP contribution in [0.4, 0.5) is 5.69 Å². The van der Waals surface area contributed by atoms with E-state index in [-0.39, 0.29) is 18.4 Å². The third-order valence-corrected chi connectivity index (χ3v) is 4.94. The zero-order valence-corrected chi connectivity index (χ0v) is 15.0. The third-order valence-electron chi connectivity index (χ3n) is 3.86. The first-order valence-corrected chi connectivity index (χ1v) is 9.03. The Labute approximate surface area is 155 Å². The maximum atomic E-state index is 12.2. The highest BCUT2D eigenvalue weighted by molar-refractivity contribution is 8.00. The second kappa shape index (κ2) is 8.05. The van der Waals surface area contributed by atoms with E-state index in [1.165, 1.54) is 16.7 Å². The largest absolute Gasteiger partial charge is 0.452 e. The molecule has 2 aromatic carbocycles. The first kappa shape index (κ1) is 18.0. The molecular formula is C19H18N2O4S. The number of nitrogens with one attached hydrogen (secondary N) is 1. The molecule has 0 atom stereocenters. The molecule has 0 saturated carbocycles. The Hall–Kier alpha value is -2.80. The van der Waals surface area contributed by atoms with Crippen LogP contribution in [-0.2, 0) is 20.9 Å². The number of nitrogens with zero attached hydrogens (tertiary/aromatic N) is 1. The van der Waals surface area contributed by atoms with Crippen LogP contribution in [0.3, 0.4) is 0 Å². The molecule has 1 aliphatic heterocycles. The summed E-state index contributed by atoms with van der Waals surface area (Å²) in [6.45, 7) is 0.111. The number of hydrogen-bond donors (Lipinski definition) is 1. The number of hydrogen-bond acceptors (Lipinski definition) is 5. The summed E-state index contributed by atoms with van der Waals surface area (Å²) < 4.78 is 5.12. The fraction of sp³-hybridized carbons (Fsp3) is 0.211. The summed E-state index contributed by atoms with van der Waals surface area (Å²) in [7, 11) is 1.66. The van der Waals surface area contributed by atoms with Gasteiger partial charge in [-0.1, -0.05) is 30.3 Å². The summed E-state index contributed by atoms with van der Waals surface area (Å²) in [5.74, 6) is -0.632. The fourth-order valence-corrected chi connectivity index (χ4v) is 3.26. The number of carbonyl (C=O) groups is 3. The Morgan fingerprint density at radius 3 is 2.73 bits per heavy atom. The smallest absolute Gasteiger partial charge is 0.338 e. The van der Waals surface area contributed by atoms with Gasteiger partial charge in [0.25, 0.3) is 5.91 Å². The molecule has 0 spiro atoms. The van der Waals surface area contributed by atoms with E-state index in [0.29, 0.717) is 23.5 Å². The molecule has 1 N–H and O–H groups in total. The normalized spacial score (nSPS) is 12.7. The number of benzene rings is 2. The number of ether oxygens (including phenoxy) is 1. The van der Waals surface area contributed by atoms with E-state index in [1.54, 1.807) is 25.2 Å². The molecule has 6 nitrogen and oxygen atoms in total. The highest BCUT2D eigenvalue weighted by Crippen LogP contribution is 2.32. The molecule has 0 saturated heterocycles. The summed E-state index contributed by atoms with van der Waals surface area (Å²) >= 11 is 1.42. The molecule has 134 valence electrons. The minimum atomic E-state index is -0.598. The van der Waals surface area contributed by atoms with Crippen molar-refractivity contribution in [2.75, 3.05) is 24.7 Å². The summed E-state index contributed by atoms with van der Waals surface area (Å²) in [6, 6.07) is 14.5. The Morgan fingerprint density at radius 1 is 1.19 bits per heavy atom. The predicted molar refractivity (Wildman–Crippen MR) is 99.0 cm³/mol. The first-order valence-electron chi connectivity index (χ1n) is 8.04. The fourth-order valence-electron chi connectivity index (χ4n) is 2.48. The Bertz CT molecular complexity index is 839. The number of thioether (sulfide) groups is 1. The molecule has 3 rings (SSSR count). The van der Waals surface area contributed by atoms with E-state index >= 15 is 0 Å². The molecule has 2 amide bonds. The lowest BCUT2D eigenvalue weighted by atomic mass is 10.2. The second-order valence-electron chi connectivity index (χ2n) is 5.86. The molecule has 0 aliphatic carbocycles. The Balaban J connectivity index is 1.56. The maximum absolute atomic E-state index is 12.2. The molecule has 26 heavy (non-hydrogen) atoms. The van der Waals surface area contributed by atoms with Crippen LogP contribution < -0.4 is 5.32 Å². The van der Waals surface area contributed by atoms with Gasteiger partial charge in [-0.05, 0) is 23.8 Å². The van der Waals surface area contributed by atoms with Crippen LogP contribution in [0.2, 0.25) is 0 Å². The van der Waals surface area contributed by atoms with Crippen molar-refractivity contribution in [1.82, 2.24) is 4.90 Å². The van der Waals surface area contributed by atoms with Crippen LogP contribution in [0.15, 0.2) is 53.4 Å². The van der Waals surface area contributed by atoms with Crippen molar-refractivity contribution in [3.8, 4) is 0 Å². The van der Waals surface area contributed by atoms with E-state index in [9.17, 15) is 14.4 Å². The zero-order valence-electron chi connectivity index (χ0n) is 14.2. The zero-order chi connectivity index (χ0) is 18.5. The number of fused-ring (bicyclic) bond motifs is 1. The number of rotatable bonds is 5. The Morgan fingerprint density at radius 2 is 1.96 bits per heavy atom. The van der Waals surface area contributed by atoms with E-state index < -0.39 is 5.97 Å². The van der Waals surface area contributed by atoms with Crippen molar-refractivity contribution in [2.24, 2.45) is 0 Å².